The molecule has 2 heterocycles. The van der Waals surface area contributed by atoms with Gasteiger partial charge in [0.05, 0.1) is 29.0 Å². The highest BCUT2D eigenvalue weighted by Crippen LogP contribution is 2.31. The Morgan fingerprint density at radius 3 is 1.43 bits per heavy atom. The summed E-state index contributed by atoms with van der Waals surface area (Å²) in [7, 11) is 0. The maximum Gasteiger partial charge on any atom is 0.0767 e. The van der Waals surface area contributed by atoms with Crippen LogP contribution in [0.15, 0.2) is 97.1 Å². The molecule has 40 heavy (non-hydrogen) atoms. The monoisotopic (exact) mass is 544 g/mol. The molecule has 0 saturated heterocycles. The van der Waals surface area contributed by atoms with Gasteiger partial charge < -0.3 is 5.11 Å². The van der Waals surface area contributed by atoms with E-state index in [0.717, 1.165) is 61.0 Å². The SMILES string of the molecule is Cc1ccccc1-c1nc2c(C)cccc2cc1CCl.Cc1ccccc1-c1nc2c(C)cccc2cc1CO. The number of pyridine rings is 2. The first kappa shape index (κ1) is 27.5. The molecule has 0 aliphatic rings. The Bertz CT molecular complexity index is 1690. The fourth-order valence-corrected chi connectivity index (χ4v) is 5.35. The van der Waals surface area contributed by atoms with E-state index in [0.29, 0.717) is 5.88 Å². The summed E-state index contributed by atoms with van der Waals surface area (Å²) in [6, 6.07) is 33.0. The predicted octanol–water partition coefficient (Wildman–Crippen LogP) is 9.27. The Kier molecular flexibility index (Phi) is 8.25. The summed E-state index contributed by atoms with van der Waals surface area (Å²) in [6.45, 7) is 8.34. The summed E-state index contributed by atoms with van der Waals surface area (Å²) < 4.78 is 0. The molecular weight excluding hydrogens is 512 g/mol. The van der Waals surface area contributed by atoms with Gasteiger partial charge in [-0.15, -0.1) is 11.6 Å². The molecule has 3 nitrogen and oxygen atoms in total. The van der Waals surface area contributed by atoms with Crippen LogP contribution in [-0.2, 0) is 12.5 Å². The summed E-state index contributed by atoms with van der Waals surface area (Å²) in [4.78, 5) is 9.71. The van der Waals surface area contributed by atoms with Crippen molar-refractivity contribution < 1.29 is 5.11 Å². The van der Waals surface area contributed by atoms with Gasteiger partial charge in [-0.25, -0.2) is 9.97 Å². The maximum absolute atomic E-state index is 9.66. The molecule has 0 aliphatic carbocycles. The normalized spacial score (nSPS) is 10.9. The lowest BCUT2D eigenvalue weighted by Gasteiger charge is -2.12. The molecule has 0 amide bonds. The standard InChI is InChI=1S/C18H16ClN.C18H17NO/c1-12-6-3-4-9-16(12)18-15(11-19)10-14-8-5-7-13(2)17(14)20-18;1-12-6-3-4-9-16(12)18-15(11-20)10-14-8-5-7-13(2)17(14)19-18/h3-10H,11H2,1-2H3;3-10,20H,11H2,1-2H3. The Morgan fingerprint density at radius 2 is 0.975 bits per heavy atom. The fourth-order valence-electron chi connectivity index (χ4n) is 5.15. The van der Waals surface area contributed by atoms with Gasteiger partial charge in [0.1, 0.15) is 0 Å². The van der Waals surface area contributed by atoms with E-state index in [-0.39, 0.29) is 6.61 Å². The molecular formula is C36H33ClN2O. The van der Waals surface area contributed by atoms with E-state index >= 15 is 0 Å². The maximum atomic E-state index is 9.66. The third-order valence-electron chi connectivity index (χ3n) is 7.37. The van der Waals surface area contributed by atoms with Crippen LogP contribution in [0.2, 0.25) is 0 Å². The van der Waals surface area contributed by atoms with Crippen molar-refractivity contribution in [3.63, 3.8) is 0 Å². The lowest BCUT2D eigenvalue weighted by atomic mass is 9.99. The first-order chi connectivity index (χ1) is 19.4. The number of hydrogen-bond donors (Lipinski definition) is 1. The molecule has 200 valence electrons. The van der Waals surface area contributed by atoms with Crippen molar-refractivity contribution in [3.05, 3.63) is 130 Å². The number of aromatic nitrogens is 2. The number of hydrogen-bond acceptors (Lipinski definition) is 3. The molecule has 0 atom stereocenters. The van der Waals surface area contributed by atoms with Crippen LogP contribution in [0.25, 0.3) is 44.3 Å². The van der Waals surface area contributed by atoms with Crippen LogP contribution >= 0.6 is 11.6 Å². The summed E-state index contributed by atoms with van der Waals surface area (Å²) in [6.07, 6.45) is 0. The predicted molar refractivity (Wildman–Crippen MR) is 169 cm³/mol. The van der Waals surface area contributed by atoms with E-state index in [4.69, 9.17) is 21.6 Å². The first-order valence-electron chi connectivity index (χ1n) is 13.5. The average molecular weight is 545 g/mol. The van der Waals surface area contributed by atoms with Crippen molar-refractivity contribution in [1.82, 2.24) is 9.97 Å². The van der Waals surface area contributed by atoms with Gasteiger partial charge in [-0.05, 0) is 67.6 Å². The lowest BCUT2D eigenvalue weighted by molar-refractivity contribution is 0.282. The van der Waals surface area contributed by atoms with E-state index in [1.54, 1.807) is 0 Å². The third-order valence-corrected chi connectivity index (χ3v) is 7.66. The minimum atomic E-state index is 0.000545. The Labute approximate surface area is 241 Å². The van der Waals surface area contributed by atoms with E-state index < -0.39 is 0 Å². The molecule has 0 spiro atoms. The number of fused-ring (bicyclic) bond motifs is 2. The van der Waals surface area contributed by atoms with Crippen LogP contribution in [0, 0.1) is 27.7 Å². The number of rotatable bonds is 4. The molecule has 0 saturated carbocycles. The highest BCUT2D eigenvalue weighted by molar-refractivity contribution is 6.17. The number of para-hydroxylation sites is 2. The van der Waals surface area contributed by atoms with Crippen molar-refractivity contribution in [3.8, 4) is 22.5 Å². The molecule has 0 unspecified atom stereocenters. The zero-order valence-electron chi connectivity index (χ0n) is 23.4. The molecule has 6 rings (SSSR count). The Hall–Kier alpha value is -4.05. The topological polar surface area (TPSA) is 46.0 Å². The fraction of sp³-hybridized carbons (Fsp3) is 0.167. The Balaban J connectivity index is 0.000000161. The number of nitrogens with zero attached hydrogens (tertiary/aromatic N) is 2. The van der Waals surface area contributed by atoms with Crippen LogP contribution in [0.4, 0.5) is 0 Å². The summed E-state index contributed by atoms with van der Waals surface area (Å²) >= 11 is 6.13. The summed E-state index contributed by atoms with van der Waals surface area (Å²) in [5.41, 5.74) is 12.9. The van der Waals surface area contributed by atoms with E-state index in [9.17, 15) is 5.11 Å². The highest BCUT2D eigenvalue weighted by atomic mass is 35.5. The molecule has 4 heteroatoms. The molecule has 6 aromatic rings. The van der Waals surface area contributed by atoms with Gasteiger partial charge in [0.15, 0.2) is 0 Å². The molecule has 0 bridgehead atoms. The largest absolute Gasteiger partial charge is 0.392 e. The van der Waals surface area contributed by atoms with Crippen molar-refractivity contribution in [2.75, 3.05) is 0 Å². The average Bonchev–Trinajstić information content (AvgIpc) is 2.97. The minimum absolute atomic E-state index is 0.000545. The number of aryl methyl sites for hydroxylation is 4. The van der Waals surface area contributed by atoms with Gasteiger partial charge in [0.25, 0.3) is 0 Å². The minimum Gasteiger partial charge on any atom is -0.392 e. The number of halogens is 1. The van der Waals surface area contributed by atoms with Crippen LogP contribution in [0.1, 0.15) is 33.4 Å². The van der Waals surface area contributed by atoms with Gasteiger partial charge in [-0.1, -0.05) is 84.9 Å². The zero-order chi connectivity index (χ0) is 28.2. The number of benzene rings is 4. The molecule has 2 aromatic heterocycles. The summed E-state index contributed by atoms with van der Waals surface area (Å²) in [5, 5.41) is 11.9. The van der Waals surface area contributed by atoms with Crippen LogP contribution in [-0.4, -0.2) is 15.1 Å². The molecule has 0 radical (unpaired) electrons. The van der Waals surface area contributed by atoms with Gasteiger partial charge in [-0.2, -0.15) is 0 Å². The van der Waals surface area contributed by atoms with E-state index in [2.05, 4.69) is 82.3 Å². The van der Waals surface area contributed by atoms with Gasteiger partial charge in [-0.3, -0.25) is 0 Å². The zero-order valence-corrected chi connectivity index (χ0v) is 24.1. The number of alkyl halides is 1. The van der Waals surface area contributed by atoms with Gasteiger partial charge in [0.2, 0.25) is 0 Å². The summed E-state index contributed by atoms with van der Waals surface area (Å²) in [5.74, 6) is 0.473. The van der Waals surface area contributed by atoms with E-state index in [1.165, 1.54) is 16.7 Å². The number of aliphatic hydroxyl groups is 1. The van der Waals surface area contributed by atoms with Crippen LogP contribution in [0.3, 0.4) is 0 Å². The van der Waals surface area contributed by atoms with Crippen molar-refractivity contribution in [2.24, 2.45) is 0 Å². The lowest BCUT2D eigenvalue weighted by Crippen LogP contribution is -1.97. The first-order valence-corrected chi connectivity index (χ1v) is 14.0. The molecule has 4 aromatic carbocycles. The molecule has 0 fully saturated rings. The molecule has 1 N–H and O–H groups in total. The highest BCUT2D eigenvalue weighted by Gasteiger charge is 2.12. The van der Waals surface area contributed by atoms with Gasteiger partial charge >= 0.3 is 0 Å². The van der Waals surface area contributed by atoms with Gasteiger partial charge in [0, 0.05) is 33.3 Å². The second kappa shape index (κ2) is 12.0. The van der Waals surface area contributed by atoms with Crippen LogP contribution in [0.5, 0.6) is 0 Å². The van der Waals surface area contributed by atoms with Crippen molar-refractivity contribution in [1.29, 1.82) is 0 Å². The Morgan fingerprint density at radius 1 is 0.550 bits per heavy atom. The number of aliphatic hydroxyl groups excluding tert-OH is 1. The second-order valence-electron chi connectivity index (χ2n) is 10.2. The quantitative estimate of drug-likeness (QED) is 0.225. The second-order valence-corrected chi connectivity index (χ2v) is 10.5. The van der Waals surface area contributed by atoms with Crippen molar-refractivity contribution in [2.45, 2.75) is 40.2 Å². The smallest absolute Gasteiger partial charge is 0.0767 e. The third kappa shape index (κ3) is 5.49. The van der Waals surface area contributed by atoms with Crippen molar-refractivity contribution >= 4 is 33.4 Å². The van der Waals surface area contributed by atoms with Crippen LogP contribution < -0.4 is 0 Å². The van der Waals surface area contributed by atoms with E-state index in [1.807, 2.05) is 42.5 Å². The molecule has 0 aliphatic heterocycles.